The molecule has 1 amide bonds. The molecule has 1 heterocycles. The van der Waals surface area contributed by atoms with Gasteiger partial charge in [-0.15, -0.1) is 0 Å². The lowest BCUT2D eigenvalue weighted by molar-refractivity contribution is -0.384. The van der Waals surface area contributed by atoms with Crippen LogP contribution in [-0.2, 0) is 21.2 Å². The summed E-state index contributed by atoms with van der Waals surface area (Å²) in [5.41, 5.74) is 2.59. The monoisotopic (exact) mass is 493 g/mol. The van der Waals surface area contributed by atoms with Crippen LogP contribution in [0.3, 0.4) is 0 Å². The molecule has 4 rings (SSSR count). The van der Waals surface area contributed by atoms with Crippen molar-refractivity contribution in [3.63, 3.8) is 0 Å². The molecule has 0 aliphatic carbocycles. The summed E-state index contributed by atoms with van der Waals surface area (Å²) in [6.07, 6.45) is 4.23. The molecule has 0 fully saturated rings. The first-order chi connectivity index (χ1) is 16.8. The van der Waals surface area contributed by atoms with Gasteiger partial charge >= 0.3 is 0 Å². The summed E-state index contributed by atoms with van der Waals surface area (Å²) in [6.45, 7) is 0.366. The number of ether oxygens (including phenoxy) is 1. The number of anilines is 2. The normalized spacial score (nSPS) is 13.3. The van der Waals surface area contributed by atoms with Crippen LogP contribution in [0.2, 0.25) is 0 Å². The topological polar surface area (TPSA) is 119 Å². The maximum Gasteiger partial charge on any atom is 0.269 e. The molecule has 9 nitrogen and oxygen atoms in total. The van der Waals surface area contributed by atoms with E-state index in [1.807, 2.05) is 0 Å². The number of carbonyl (C=O) groups is 1. The Bertz CT molecular complexity index is 1380. The maximum atomic E-state index is 13.3. The average Bonchev–Trinajstić information content (AvgIpc) is 2.87. The molecular formula is C25H23N3O6S. The Morgan fingerprint density at radius 1 is 1.09 bits per heavy atom. The molecule has 0 saturated heterocycles. The Kier molecular flexibility index (Phi) is 6.83. The zero-order valence-corrected chi connectivity index (χ0v) is 19.7. The number of benzene rings is 3. The van der Waals surface area contributed by atoms with Crippen LogP contribution >= 0.6 is 0 Å². The summed E-state index contributed by atoms with van der Waals surface area (Å²) in [5, 5.41) is 13.5. The van der Waals surface area contributed by atoms with Crippen LogP contribution in [-0.4, -0.2) is 32.9 Å². The van der Waals surface area contributed by atoms with Gasteiger partial charge in [0.05, 0.1) is 22.6 Å². The Hall–Kier alpha value is -4.18. The predicted molar refractivity (Wildman–Crippen MR) is 133 cm³/mol. The number of carbonyl (C=O) groups excluding carboxylic acids is 1. The van der Waals surface area contributed by atoms with Crippen molar-refractivity contribution < 1.29 is 22.9 Å². The van der Waals surface area contributed by atoms with Gasteiger partial charge in [0.15, 0.2) is 0 Å². The number of nitro groups is 1. The fraction of sp³-hybridized carbons (Fsp3) is 0.160. The molecule has 0 bridgehead atoms. The minimum atomic E-state index is -3.75. The van der Waals surface area contributed by atoms with Gasteiger partial charge in [-0.25, -0.2) is 8.42 Å². The van der Waals surface area contributed by atoms with Crippen LogP contribution < -0.4 is 14.4 Å². The Morgan fingerprint density at radius 3 is 2.46 bits per heavy atom. The van der Waals surface area contributed by atoms with Crippen LogP contribution in [0.5, 0.6) is 5.75 Å². The van der Waals surface area contributed by atoms with Crippen LogP contribution in [0.15, 0.2) is 77.7 Å². The number of non-ortho nitro benzene ring substituents is 1. The van der Waals surface area contributed by atoms with E-state index in [4.69, 9.17) is 4.74 Å². The van der Waals surface area contributed by atoms with Crippen molar-refractivity contribution in [2.45, 2.75) is 17.7 Å². The molecule has 10 heteroatoms. The first-order valence-electron chi connectivity index (χ1n) is 10.8. The highest BCUT2D eigenvalue weighted by molar-refractivity contribution is 7.92. The van der Waals surface area contributed by atoms with Crippen molar-refractivity contribution in [3.8, 4) is 5.75 Å². The van der Waals surface area contributed by atoms with Crippen LogP contribution in [0.1, 0.15) is 17.5 Å². The third-order valence-corrected chi connectivity index (χ3v) is 7.43. The van der Waals surface area contributed by atoms with Gasteiger partial charge in [0, 0.05) is 30.4 Å². The number of nitrogens with one attached hydrogen (secondary N) is 1. The zero-order valence-electron chi connectivity index (χ0n) is 18.9. The largest absolute Gasteiger partial charge is 0.497 e. The lowest BCUT2D eigenvalue weighted by atomic mass is 10.0. The molecule has 1 aliphatic rings. The molecule has 0 saturated carbocycles. The van der Waals surface area contributed by atoms with Gasteiger partial charge in [0.25, 0.3) is 15.7 Å². The maximum absolute atomic E-state index is 13.3. The molecule has 0 unspecified atom stereocenters. The summed E-state index contributed by atoms with van der Waals surface area (Å²) < 4.78 is 33.0. The van der Waals surface area contributed by atoms with Crippen molar-refractivity contribution >= 4 is 39.1 Å². The fourth-order valence-corrected chi connectivity index (χ4v) is 5.37. The van der Waals surface area contributed by atoms with E-state index >= 15 is 0 Å². The molecule has 35 heavy (non-hydrogen) atoms. The molecule has 0 radical (unpaired) electrons. The number of amides is 1. The Morgan fingerprint density at radius 2 is 1.80 bits per heavy atom. The van der Waals surface area contributed by atoms with Crippen molar-refractivity contribution in [2.24, 2.45) is 0 Å². The zero-order chi connectivity index (χ0) is 25.0. The number of nitro benzene ring substituents is 1. The number of rotatable bonds is 7. The molecule has 0 spiro atoms. The summed E-state index contributed by atoms with van der Waals surface area (Å²) >= 11 is 0. The lowest BCUT2D eigenvalue weighted by Gasteiger charge is -2.31. The van der Waals surface area contributed by atoms with Crippen LogP contribution in [0, 0.1) is 10.1 Å². The Balaban J connectivity index is 1.49. The number of fused-ring (bicyclic) bond motifs is 1. The minimum Gasteiger partial charge on any atom is -0.497 e. The van der Waals surface area contributed by atoms with Gasteiger partial charge in [-0.2, -0.15) is 0 Å². The van der Waals surface area contributed by atoms with E-state index in [1.54, 1.807) is 48.5 Å². The molecule has 1 aliphatic heterocycles. The van der Waals surface area contributed by atoms with Crippen molar-refractivity contribution in [1.82, 2.24) is 0 Å². The third-order valence-electron chi connectivity index (χ3n) is 5.60. The number of hydrogen-bond acceptors (Lipinski definition) is 6. The summed E-state index contributed by atoms with van der Waals surface area (Å²) in [6, 6.07) is 17.3. The number of nitrogens with zero attached hydrogens (tertiary/aromatic N) is 2. The minimum absolute atomic E-state index is 0.0243. The van der Waals surface area contributed by atoms with Crippen molar-refractivity contribution in [3.05, 3.63) is 94.0 Å². The lowest BCUT2D eigenvalue weighted by Crippen LogP contribution is -2.35. The van der Waals surface area contributed by atoms with Crippen molar-refractivity contribution in [2.75, 3.05) is 23.3 Å². The van der Waals surface area contributed by atoms with Gasteiger partial charge in [-0.3, -0.25) is 19.2 Å². The third kappa shape index (κ3) is 5.33. The predicted octanol–water partition coefficient (Wildman–Crippen LogP) is 4.40. The Labute approximate surface area is 202 Å². The average molecular weight is 494 g/mol. The fourth-order valence-electron chi connectivity index (χ4n) is 3.83. The standard InChI is InChI=1S/C25H23N3O6S/c1-34-22-10-12-23(13-11-22)35(32,33)27-16-2-3-19-17-20(7-14-24(19)27)26-25(29)15-6-18-4-8-21(9-5-18)28(30)31/h4-15,17H,2-3,16H2,1H3,(H,26,29)/b15-6+. The second-order valence-electron chi connectivity index (χ2n) is 7.87. The first-order valence-corrected chi connectivity index (χ1v) is 12.3. The highest BCUT2D eigenvalue weighted by Gasteiger charge is 2.29. The number of aryl methyl sites for hydroxylation is 1. The first kappa shape index (κ1) is 24.0. The number of sulfonamides is 1. The highest BCUT2D eigenvalue weighted by atomic mass is 32.2. The molecule has 0 atom stereocenters. The molecule has 180 valence electrons. The second-order valence-corrected chi connectivity index (χ2v) is 9.73. The molecule has 0 aromatic heterocycles. The van der Waals surface area contributed by atoms with Gasteiger partial charge in [0.1, 0.15) is 5.75 Å². The second kappa shape index (κ2) is 9.98. The number of hydrogen-bond donors (Lipinski definition) is 1. The SMILES string of the molecule is COc1ccc(S(=O)(=O)N2CCCc3cc(NC(=O)/C=C/c4ccc([N+](=O)[O-])cc4)ccc32)cc1. The van der Waals surface area contributed by atoms with Crippen LogP contribution in [0.4, 0.5) is 17.1 Å². The van der Waals surface area contributed by atoms with Gasteiger partial charge < -0.3 is 10.1 Å². The molecule has 1 N–H and O–H groups in total. The summed E-state index contributed by atoms with van der Waals surface area (Å²) in [5.74, 6) is 0.202. The van der Waals surface area contributed by atoms with E-state index in [0.717, 1.165) is 5.56 Å². The molecule has 3 aromatic carbocycles. The van der Waals surface area contributed by atoms with E-state index in [2.05, 4.69) is 5.32 Å². The van der Waals surface area contributed by atoms with Crippen molar-refractivity contribution in [1.29, 1.82) is 0 Å². The quantitative estimate of drug-likeness (QED) is 0.296. The highest BCUT2D eigenvalue weighted by Crippen LogP contribution is 2.34. The molecular weight excluding hydrogens is 470 g/mol. The van der Waals surface area contributed by atoms with E-state index < -0.39 is 14.9 Å². The summed E-state index contributed by atoms with van der Waals surface area (Å²) in [7, 11) is -2.23. The van der Waals surface area contributed by atoms with E-state index in [-0.39, 0.29) is 16.5 Å². The van der Waals surface area contributed by atoms with Gasteiger partial charge in [-0.05, 0) is 84.6 Å². The van der Waals surface area contributed by atoms with E-state index in [9.17, 15) is 23.3 Å². The van der Waals surface area contributed by atoms with Gasteiger partial charge in [-0.1, -0.05) is 0 Å². The van der Waals surface area contributed by atoms with Gasteiger partial charge in [0.2, 0.25) is 5.91 Å². The number of methoxy groups -OCH3 is 1. The van der Waals surface area contributed by atoms with E-state index in [0.29, 0.717) is 42.1 Å². The summed E-state index contributed by atoms with van der Waals surface area (Å²) in [4.78, 5) is 22.8. The smallest absolute Gasteiger partial charge is 0.269 e. The van der Waals surface area contributed by atoms with E-state index in [1.165, 1.54) is 41.8 Å². The molecule has 3 aromatic rings. The van der Waals surface area contributed by atoms with Crippen LogP contribution in [0.25, 0.3) is 6.08 Å².